The van der Waals surface area contributed by atoms with E-state index in [0.717, 1.165) is 16.3 Å². The lowest BCUT2D eigenvalue weighted by Crippen LogP contribution is -1.99. The third-order valence-corrected chi connectivity index (χ3v) is 3.22. The molecular weight excluding hydrogens is 248 g/mol. The molecule has 0 saturated heterocycles. The van der Waals surface area contributed by atoms with Gasteiger partial charge in [0, 0.05) is 5.39 Å². The minimum absolute atomic E-state index is 0.434. The Kier molecular flexibility index (Phi) is 3.46. The summed E-state index contributed by atoms with van der Waals surface area (Å²) >= 11 is 0. The highest BCUT2D eigenvalue weighted by Crippen LogP contribution is 2.29. The van der Waals surface area contributed by atoms with Gasteiger partial charge in [-0.1, -0.05) is 60.7 Å². The monoisotopic (exact) mass is 261 g/mol. The molecule has 97 valence electrons. The summed E-state index contributed by atoms with van der Waals surface area (Å²) in [5.74, 6) is 0.599. The maximum atomic E-state index is 11.1. The van der Waals surface area contributed by atoms with Crippen molar-refractivity contribution in [2.45, 2.75) is 6.61 Å². The Hall–Kier alpha value is -2.61. The number of fused-ring (bicyclic) bond motifs is 1. The fraction of sp³-hybridized carbons (Fsp3) is 0.0556. The summed E-state index contributed by atoms with van der Waals surface area (Å²) in [5.41, 5.74) is 1.52. The lowest BCUT2D eigenvalue weighted by molar-refractivity contribution is 0.309. The van der Waals surface area contributed by atoms with Gasteiger partial charge < -0.3 is 4.74 Å². The molecule has 0 fully saturated rings. The molecular formula is C18H13O2. The van der Waals surface area contributed by atoms with Gasteiger partial charge in [0.05, 0.1) is 5.56 Å². The first kappa shape index (κ1) is 12.4. The molecule has 0 aromatic heterocycles. The maximum absolute atomic E-state index is 11.1. The maximum Gasteiger partial charge on any atom is 0.237 e. The fourth-order valence-electron chi connectivity index (χ4n) is 2.21. The van der Waals surface area contributed by atoms with Crippen LogP contribution in [0, 0.1) is 0 Å². The summed E-state index contributed by atoms with van der Waals surface area (Å²) in [6.45, 7) is 0.434. The van der Waals surface area contributed by atoms with E-state index in [1.165, 1.54) is 0 Å². The predicted molar refractivity (Wildman–Crippen MR) is 79.5 cm³/mol. The summed E-state index contributed by atoms with van der Waals surface area (Å²) in [4.78, 5) is 11.1. The van der Waals surface area contributed by atoms with Gasteiger partial charge in [0.15, 0.2) is 0 Å². The quantitative estimate of drug-likeness (QED) is 0.712. The van der Waals surface area contributed by atoms with Crippen molar-refractivity contribution in [1.29, 1.82) is 0 Å². The second kappa shape index (κ2) is 5.57. The molecule has 0 N–H and O–H groups in total. The van der Waals surface area contributed by atoms with Gasteiger partial charge in [-0.25, -0.2) is 0 Å². The Bertz CT molecular complexity index is 733. The largest absolute Gasteiger partial charge is 0.487 e. The second-order valence-electron chi connectivity index (χ2n) is 4.54. The number of hydrogen-bond acceptors (Lipinski definition) is 2. The predicted octanol–water partition coefficient (Wildman–Crippen LogP) is 3.88. The van der Waals surface area contributed by atoms with Gasteiger partial charge in [-0.3, -0.25) is 4.79 Å². The third-order valence-electron chi connectivity index (χ3n) is 3.22. The van der Waals surface area contributed by atoms with Crippen molar-refractivity contribution < 1.29 is 9.53 Å². The Balaban J connectivity index is 1.98. The highest BCUT2D eigenvalue weighted by atomic mass is 16.5. The van der Waals surface area contributed by atoms with Gasteiger partial charge in [-0.2, -0.15) is 0 Å². The van der Waals surface area contributed by atoms with Crippen molar-refractivity contribution in [3.8, 4) is 5.75 Å². The molecule has 0 atom stereocenters. The zero-order valence-electron chi connectivity index (χ0n) is 10.9. The average molecular weight is 261 g/mol. The van der Waals surface area contributed by atoms with E-state index in [9.17, 15) is 4.79 Å². The van der Waals surface area contributed by atoms with Crippen LogP contribution in [0.15, 0.2) is 66.7 Å². The van der Waals surface area contributed by atoms with Crippen LogP contribution < -0.4 is 4.74 Å². The molecule has 3 rings (SSSR count). The molecule has 2 heteroatoms. The van der Waals surface area contributed by atoms with Crippen LogP contribution >= 0.6 is 0 Å². The molecule has 0 bridgehead atoms. The van der Waals surface area contributed by atoms with Gasteiger partial charge in [0.2, 0.25) is 6.29 Å². The van der Waals surface area contributed by atoms with Crippen LogP contribution in [0.5, 0.6) is 5.75 Å². The number of carbonyl (C=O) groups excluding carboxylic acids is 1. The molecule has 3 aromatic carbocycles. The molecule has 0 aliphatic rings. The van der Waals surface area contributed by atoms with Crippen molar-refractivity contribution in [3.05, 3.63) is 77.9 Å². The van der Waals surface area contributed by atoms with E-state index >= 15 is 0 Å². The van der Waals surface area contributed by atoms with Crippen LogP contribution in [0.2, 0.25) is 0 Å². The van der Waals surface area contributed by atoms with Gasteiger partial charge in [0.25, 0.3) is 0 Å². The summed E-state index contributed by atoms with van der Waals surface area (Å²) in [6, 6.07) is 21.4. The normalized spacial score (nSPS) is 10.4. The van der Waals surface area contributed by atoms with E-state index in [4.69, 9.17) is 4.74 Å². The zero-order chi connectivity index (χ0) is 13.8. The minimum Gasteiger partial charge on any atom is -0.487 e. The Morgan fingerprint density at radius 2 is 1.60 bits per heavy atom. The fourth-order valence-corrected chi connectivity index (χ4v) is 2.21. The van der Waals surface area contributed by atoms with Crippen LogP contribution in [0.25, 0.3) is 10.8 Å². The smallest absolute Gasteiger partial charge is 0.237 e. The van der Waals surface area contributed by atoms with Crippen molar-refractivity contribution in [3.63, 3.8) is 0 Å². The van der Waals surface area contributed by atoms with Crippen LogP contribution in [0.4, 0.5) is 0 Å². The zero-order valence-corrected chi connectivity index (χ0v) is 10.9. The van der Waals surface area contributed by atoms with Crippen LogP contribution in [-0.4, -0.2) is 6.29 Å². The Morgan fingerprint density at radius 3 is 2.40 bits per heavy atom. The number of ether oxygens (including phenoxy) is 1. The average Bonchev–Trinajstić information content (AvgIpc) is 2.53. The molecule has 0 saturated carbocycles. The van der Waals surface area contributed by atoms with E-state index < -0.39 is 0 Å². The molecule has 0 aliphatic carbocycles. The van der Waals surface area contributed by atoms with Crippen LogP contribution in [0.3, 0.4) is 0 Å². The van der Waals surface area contributed by atoms with E-state index in [1.807, 2.05) is 66.9 Å². The first-order valence-corrected chi connectivity index (χ1v) is 6.45. The number of hydrogen-bond donors (Lipinski definition) is 0. The SMILES string of the molecule is O=[C]c1ccc2ccccc2c1OCc1ccccc1. The number of benzene rings is 3. The first-order chi connectivity index (χ1) is 9.88. The summed E-state index contributed by atoms with van der Waals surface area (Å²) in [7, 11) is 0. The van der Waals surface area contributed by atoms with Crippen LogP contribution in [0.1, 0.15) is 11.1 Å². The molecule has 2 nitrogen and oxygen atoms in total. The topological polar surface area (TPSA) is 26.3 Å². The molecule has 3 aromatic rings. The third kappa shape index (κ3) is 2.41. The van der Waals surface area contributed by atoms with E-state index in [0.29, 0.717) is 17.9 Å². The summed E-state index contributed by atoms with van der Waals surface area (Å²) in [6.07, 6.45) is 1.95. The van der Waals surface area contributed by atoms with E-state index in [-0.39, 0.29) is 0 Å². The van der Waals surface area contributed by atoms with Crippen LogP contribution in [-0.2, 0) is 11.4 Å². The highest BCUT2D eigenvalue weighted by molar-refractivity contribution is 5.96. The standard InChI is InChI=1S/C18H13O2/c19-12-16-11-10-15-8-4-5-9-17(15)18(16)20-13-14-6-2-1-3-7-14/h1-11H,13H2. The molecule has 1 radical (unpaired) electrons. The lowest BCUT2D eigenvalue weighted by Gasteiger charge is -2.11. The number of rotatable bonds is 4. The Morgan fingerprint density at radius 1 is 0.850 bits per heavy atom. The van der Waals surface area contributed by atoms with Crippen molar-refractivity contribution in [2.75, 3.05) is 0 Å². The van der Waals surface area contributed by atoms with Crippen molar-refractivity contribution in [1.82, 2.24) is 0 Å². The summed E-state index contributed by atoms with van der Waals surface area (Å²) in [5, 5.41) is 1.99. The van der Waals surface area contributed by atoms with Gasteiger partial charge in [-0.05, 0) is 17.0 Å². The molecule has 20 heavy (non-hydrogen) atoms. The molecule has 0 amide bonds. The lowest BCUT2D eigenvalue weighted by atomic mass is 10.1. The molecule has 0 heterocycles. The van der Waals surface area contributed by atoms with Crippen molar-refractivity contribution in [2.24, 2.45) is 0 Å². The minimum atomic E-state index is 0.434. The Labute approximate surface area is 117 Å². The summed E-state index contributed by atoms with van der Waals surface area (Å²) < 4.78 is 5.86. The van der Waals surface area contributed by atoms with Gasteiger partial charge >= 0.3 is 0 Å². The first-order valence-electron chi connectivity index (χ1n) is 6.45. The van der Waals surface area contributed by atoms with Gasteiger partial charge in [-0.15, -0.1) is 0 Å². The molecule has 0 aliphatic heterocycles. The second-order valence-corrected chi connectivity index (χ2v) is 4.54. The highest BCUT2D eigenvalue weighted by Gasteiger charge is 2.09. The molecule has 0 unspecified atom stereocenters. The molecule has 0 spiro atoms. The van der Waals surface area contributed by atoms with E-state index in [1.54, 1.807) is 6.07 Å². The van der Waals surface area contributed by atoms with Gasteiger partial charge in [0.1, 0.15) is 12.4 Å². The van der Waals surface area contributed by atoms with E-state index in [2.05, 4.69) is 0 Å². The van der Waals surface area contributed by atoms with Crippen molar-refractivity contribution >= 4 is 17.1 Å².